The molecule has 0 bridgehead atoms. The molecule has 0 saturated carbocycles. The van der Waals surface area contributed by atoms with Crippen LogP contribution in [0, 0.1) is 6.92 Å². The molecule has 1 amide bonds. The molecule has 23 heavy (non-hydrogen) atoms. The number of aryl methyl sites for hydroxylation is 2. The van der Waals surface area contributed by atoms with E-state index >= 15 is 0 Å². The Morgan fingerprint density at radius 2 is 1.91 bits per heavy atom. The van der Waals surface area contributed by atoms with Crippen LogP contribution in [0.25, 0.3) is 10.9 Å². The molecule has 0 radical (unpaired) electrons. The largest absolute Gasteiger partial charge is 0.350 e. The van der Waals surface area contributed by atoms with Crippen LogP contribution in [-0.4, -0.2) is 10.5 Å². The Morgan fingerprint density at radius 3 is 2.70 bits per heavy atom. The van der Waals surface area contributed by atoms with Gasteiger partial charge in [0.25, 0.3) is 5.91 Å². The molecule has 1 N–H and O–H groups in total. The maximum absolute atomic E-state index is 12.6. The summed E-state index contributed by atoms with van der Waals surface area (Å²) in [6, 6.07) is 12.4. The summed E-state index contributed by atoms with van der Waals surface area (Å²) in [5.41, 5.74) is 2.08. The number of nitrogens with zero attached hydrogens (tertiary/aromatic N) is 1. The smallest absolute Gasteiger partial charge is 0.261 e. The van der Waals surface area contributed by atoms with E-state index in [1.54, 1.807) is 35.0 Å². The fourth-order valence-corrected chi connectivity index (χ4v) is 2.69. The van der Waals surface area contributed by atoms with E-state index in [4.69, 9.17) is 11.6 Å². The van der Waals surface area contributed by atoms with E-state index in [-0.39, 0.29) is 11.0 Å². The molecule has 0 aliphatic carbocycles. The van der Waals surface area contributed by atoms with Crippen molar-refractivity contribution in [1.29, 1.82) is 0 Å². The number of carbonyl (C=O) groups is 1. The first-order valence-electron chi connectivity index (χ1n) is 7.13. The molecule has 0 unspecified atom stereocenters. The van der Waals surface area contributed by atoms with Gasteiger partial charge < -0.3 is 9.88 Å². The topological polar surface area (TPSA) is 51.1 Å². The monoisotopic (exact) mass is 326 g/mol. The fourth-order valence-electron chi connectivity index (χ4n) is 2.52. The molecule has 0 spiro atoms. The van der Waals surface area contributed by atoms with Gasteiger partial charge >= 0.3 is 0 Å². The van der Waals surface area contributed by atoms with Gasteiger partial charge in [0.15, 0.2) is 0 Å². The van der Waals surface area contributed by atoms with Gasteiger partial charge in [-0.3, -0.25) is 9.59 Å². The van der Waals surface area contributed by atoms with Crippen molar-refractivity contribution in [2.75, 3.05) is 5.32 Å². The van der Waals surface area contributed by atoms with Gasteiger partial charge in [-0.1, -0.05) is 29.8 Å². The van der Waals surface area contributed by atoms with Crippen LogP contribution in [0.4, 0.5) is 5.69 Å². The van der Waals surface area contributed by atoms with E-state index in [0.29, 0.717) is 16.1 Å². The van der Waals surface area contributed by atoms with Gasteiger partial charge in [-0.2, -0.15) is 0 Å². The Kier molecular flexibility index (Phi) is 3.92. The van der Waals surface area contributed by atoms with E-state index in [9.17, 15) is 9.59 Å². The number of hydrogen-bond acceptors (Lipinski definition) is 2. The number of anilines is 1. The lowest BCUT2D eigenvalue weighted by Crippen LogP contribution is -2.23. The first kappa shape index (κ1) is 15.3. The van der Waals surface area contributed by atoms with Gasteiger partial charge in [-0.15, -0.1) is 0 Å². The normalized spacial score (nSPS) is 10.7. The third-order valence-corrected chi connectivity index (χ3v) is 4.02. The lowest BCUT2D eigenvalue weighted by Gasteiger charge is -2.11. The Bertz CT molecular complexity index is 976. The number of para-hydroxylation sites is 1. The van der Waals surface area contributed by atoms with Gasteiger partial charge in [0.05, 0.1) is 5.52 Å². The second-order valence-corrected chi connectivity index (χ2v) is 5.85. The minimum Gasteiger partial charge on any atom is -0.350 e. The number of nitrogens with one attached hydrogen (secondary N) is 1. The van der Waals surface area contributed by atoms with E-state index in [1.807, 2.05) is 32.2 Å². The highest BCUT2D eigenvalue weighted by atomic mass is 35.5. The quantitative estimate of drug-likeness (QED) is 0.779. The van der Waals surface area contributed by atoms with Crippen LogP contribution in [0.5, 0.6) is 0 Å². The molecular weight excluding hydrogens is 312 g/mol. The molecule has 2 aromatic carbocycles. The Balaban J connectivity index is 2.06. The SMILES string of the molecule is Cc1ccc(Cl)cc1NC(=O)c1cn(C)c2ccccc2c1=O. The summed E-state index contributed by atoms with van der Waals surface area (Å²) in [7, 11) is 1.81. The maximum atomic E-state index is 12.6. The molecule has 5 heteroatoms. The number of halogens is 1. The highest BCUT2D eigenvalue weighted by molar-refractivity contribution is 6.31. The van der Waals surface area contributed by atoms with Crippen LogP contribution in [-0.2, 0) is 7.05 Å². The lowest BCUT2D eigenvalue weighted by atomic mass is 10.1. The summed E-state index contributed by atoms with van der Waals surface area (Å²) in [5.74, 6) is -0.443. The first-order chi connectivity index (χ1) is 11.0. The number of benzene rings is 2. The van der Waals surface area contributed by atoms with Crippen LogP contribution < -0.4 is 10.7 Å². The summed E-state index contributed by atoms with van der Waals surface area (Å²) in [6.45, 7) is 1.87. The number of aromatic nitrogens is 1. The van der Waals surface area contributed by atoms with Crippen molar-refractivity contribution < 1.29 is 4.79 Å². The number of hydrogen-bond donors (Lipinski definition) is 1. The summed E-state index contributed by atoms with van der Waals surface area (Å²) < 4.78 is 1.77. The zero-order valence-electron chi connectivity index (χ0n) is 12.8. The standard InChI is InChI=1S/C18H15ClN2O2/c1-11-7-8-12(19)9-15(11)20-18(23)14-10-21(2)16-6-4-3-5-13(16)17(14)22/h3-10H,1-2H3,(H,20,23). The number of rotatable bonds is 2. The van der Waals surface area contributed by atoms with Crippen molar-refractivity contribution in [2.45, 2.75) is 6.92 Å². The Labute approximate surface area is 138 Å². The zero-order valence-corrected chi connectivity index (χ0v) is 13.5. The van der Waals surface area contributed by atoms with Crippen LogP contribution in [0.15, 0.2) is 53.5 Å². The molecule has 1 heterocycles. The molecule has 4 nitrogen and oxygen atoms in total. The second-order valence-electron chi connectivity index (χ2n) is 5.41. The van der Waals surface area contributed by atoms with Crippen molar-refractivity contribution >= 4 is 34.1 Å². The summed E-state index contributed by atoms with van der Waals surface area (Å²) in [5, 5.41) is 3.81. The van der Waals surface area contributed by atoms with Crippen molar-refractivity contribution in [1.82, 2.24) is 4.57 Å². The lowest BCUT2D eigenvalue weighted by molar-refractivity contribution is 0.102. The summed E-state index contributed by atoms with van der Waals surface area (Å²) in [6.07, 6.45) is 1.56. The minimum absolute atomic E-state index is 0.102. The van der Waals surface area contributed by atoms with Gasteiger partial charge in [-0.05, 0) is 36.8 Å². The molecule has 116 valence electrons. The number of carbonyl (C=O) groups excluding carboxylic acids is 1. The second kappa shape index (κ2) is 5.89. The average Bonchev–Trinajstić information content (AvgIpc) is 2.54. The highest BCUT2D eigenvalue weighted by Crippen LogP contribution is 2.21. The molecular formula is C18H15ClN2O2. The van der Waals surface area contributed by atoms with Gasteiger partial charge in [0.2, 0.25) is 5.43 Å². The molecule has 3 rings (SSSR count). The molecule has 1 aromatic heterocycles. The molecule has 0 fully saturated rings. The van der Waals surface area contributed by atoms with Crippen molar-refractivity contribution in [2.24, 2.45) is 7.05 Å². The summed E-state index contributed by atoms with van der Waals surface area (Å²) in [4.78, 5) is 25.1. The third-order valence-electron chi connectivity index (χ3n) is 3.79. The molecule has 0 aliphatic rings. The van der Waals surface area contributed by atoms with Gasteiger partial charge in [-0.25, -0.2) is 0 Å². The van der Waals surface area contributed by atoms with E-state index in [2.05, 4.69) is 5.32 Å². The molecule has 0 saturated heterocycles. The Hall–Kier alpha value is -2.59. The van der Waals surface area contributed by atoms with Crippen molar-refractivity contribution in [3.63, 3.8) is 0 Å². The minimum atomic E-state index is -0.443. The predicted octanol–water partition coefficient (Wildman–Crippen LogP) is 3.75. The maximum Gasteiger partial charge on any atom is 0.261 e. The van der Waals surface area contributed by atoms with Crippen molar-refractivity contribution in [3.8, 4) is 0 Å². The van der Waals surface area contributed by atoms with Crippen LogP contribution in [0.2, 0.25) is 5.02 Å². The number of pyridine rings is 1. The Morgan fingerprint density at radius 1 is 1.17 bits per heavy atom. The van der Waals surface area contributed by atoms with Gasteiger partial charge in [0, 0.05) is 29.3 Å². The molecule has 0 aliphatic heterocycles. The summed E-state index contributed by atoms with van der Waals surface area (Å²) >= 11 is 5.96. The van der Waals surface area contributed by atoms with E-state index in [1.165, 1.54) is 0 Å². The van der Waals surface area contributed by atoms with Gasteiger partial charge in [0.1, 0.15) is 5.56 Å². The number of fused-ring (bicyclic) bond motifs is 1. The van der Waals surface area contributed by atoms with Crippen LogP contribution >= 0.6 is 11.6 Å². The molecule has 0 atom stereocenters. The molecule has 3 aromatic rings. The number of amides is 1. The van der Waals surface area contributed by atoms with Crippen molar-refractivity contribution in [3.05, 3.63) is 75.0 Å². The van der Waals surface area contributed by atoms with Crippen LogP contribution in [0.3, 0.4) is 0 Å². The average molecular weight is 327 g/mol. The third kappa shape index (κ3) is 2.85. The van der Waals surface area contributed by atoms with Crippen LogP contribution in [0.1, 0.15) is 15.9 Å². The van der Waals surface area contributed by atoms with E-state index in [0.717, 1.165) is 11.1 Å². The first-order valence-corrected chi connectivity index (χ1v) is 7.51. The highest BCUT2D eigenvalue weighted by Gasteiger charge is 2.15. The predicted molar refractivity (Wildman–Crippen MR) is 93.3 cm³/mol. The van der Waals surface area contributed by atoms with E-state index < -0.39 is 5.91 Å². The zero-order chi connectivity index (χ0) is 16.6. The fraction of sp³-hybridized carbons (Fsp3) is 0.111.